The molecule has 1 unspecified atom stereocenters. The zero-order valence-electron chi connectivity index (χ0n) is 11.9. The second-order valence-corrected chi connectivity index (χ2v) is 5.81. The van der Waals surface area contributed by atoms with Crippen LogP contribution in [0.4, 0.5) is 0 Å². The zero-order valence-corrected chi connectivity index (χ0v) is 11.9. The summed E-state index contributed by atoms with van der Waals surface area (Å²) in [6, 6.07) is 17.0. The number of nitrogens with two attached hydrogens (primary N) is 1. The maximum Gasteiger partial charge on any atom is 0.0702 e. The molecule has 0 bridgehead atoms. The Hall–Kier alpha value is -2.19. The summed E-state index contributed by atoms with van der Waals surface area (Å²) in [5.74, 6) is 0. The summed E-state index contributed by atoms with van der Waals surface area (Å²) in [5.41, 5.74) is 12.8. The van der Waals surface area contributed by atoms with Gasteiger partial charge in [0, 0.05) is 11.6 Å². The standard InChI is InChI=1S/C19H18N2/c20-19(16-7-6-13-3-1-4-14(13)11-16)17-8-9-18-15(12-17)5-2-10-21-18/h2,5-12,19H,1,3-4,20H2. The van der Waals surface area contributed by atoms with Crippen LogP contribution in [0.15, 0.2) is 54.7 Å². The SMILES string of the molecule is NC(c1ccc2c(c1)CCC2)c1ccc2ncccc2c1. The monoisotopic (exact) mass is 274 g/mol. The molecule has 0 saturated carbocycles. The Bertz CT molecular complexity index is 808. The van der Waals surface area contributed by atoms with Crippen molar-refractivity contribution in [2.24, 2.45) is 5.73 Å². The number of benzene rings is 2. The van der Waals surface area contributed by atoms with Crippen molar-refractivity contribution < 1.29 is 0 Å². The maximum atomic E-state index is 6.48. The predicted octanol–water partition coefficient (Wildman–Crippen LogP) is 3.77. The Balaban J connectivity index is 1.73. The first-order valence-electron chi connectivity index (χ1n) is 7.53. The van der Waals surface area contributed by atoms with Crippen molar-refractivity contribution in [1.29, 1.82) is 0 Å². The van der Waals surface area contributed by atoms with Crippen LogP contribution in [-0.4, -0.2) is 4.98 Å². The summed E-state index contributed by atoms with van der Waals surface area (Å²) >= 11 is 0. The molecule has 1 atom stereocenters. The molecule has 21 heavy (non-hydrogen) atoms. The number of nitrogens with zero attached hydrogens (tertiary/aromatic N) is 1. The summed E-state index contributed by atoms with van der Waals surface area (Å²) in [5, 5.41) is 1.15. The third-order valence-corrected chi connectivity index (χ3v) is 4.47. The van der Waals surface area contributed by atoms with Crippen LogP contribution in [0.1, 0.15) is 34.7 Å². The number of pyridine rings is 1. The van der Waals surface area contributed by atoms with Crippen LogP contribution >= 0.6 is 0 Å². The predicted molar refractivity (Wildman–Crippen MR) is 86.2 cm³/mol. The first-order valence-corrected chi connectivity index (χ1v) is 7.53. The highest BCUT2D eigenvalue weighted by Crippen LogP contribution is 2.28. The minimum atomic E-state index is -0.0690. The average molecular weight is 274 g/mol. The van der Waals surface area contributed by atoms with Crippen LogP contribution < -0.4 is 5.73 Å². The molecule has 1 aliphatic carbocycles. The van der Waals surface area contributed by atoms with Gasteiger partial charge in [-0.1, -0.05) is 30.3 Å². The lowest BCUT2D eigenvalue weighted by Gasteiger charge is -2.14. The van der Waals surface area contributed by atoms with E-state index >= 15 is 0 Å². The van der Waals surface area contributed by atoms with Crippen molar-refractivity contribution in [3.63, 3.8) is 0 Å². The van der Waals surface area contributed by atoms with Crippen molar-refractivity contribution in [2.75, 3.05) is 0 Å². The lowest BCUT2D eigenvalue weighted by molar-refractivity contribution is 0.869. The molecule has 2 nitrogen and oxygen atoms in total. The molecule has 2 N–H and O–H groups in total. The first-order chi connectivity index (χ1) is 10.3. The van der Waals surface area contributed by atoms with E-state index < -0.39 is 0 Å². The summed E-state index contributed by atoms with van der Waals surface area (Å²) in [6.07, 6.45) is 5.50. The van der Waals surface area contributed by atoms with E-state index in [0.717, 1.165) is 16.5 Å². The van der Waals surface area contributed by atoms with Gasteiger partial charge in [0.25, 0.3) is 0 Å². The van der Waals surface area contributed by atoms with E-state index in [1.54, 1.807) is 0 Å². The van der Waals surface area contributed by atoms with Gasteiger partial charge in [-0.2, -0.15) is 0 Å². The van der Waals surface area contributed by atoms with E-state index in [1.807, 2.05) is 12.3 Å². The van der Waals surface area contributed by atoms with Gasteiger partial charge < -0.3 is 5.73 Å². The van der Waals surface area contributed by atoms with E-state index in [-0.39, 0.29) is 6.04 Å². The molecule has 2 aromatic carbocycles. The molecule has 0 spiro atoms. The molecule has 3 aromatic rings. The maximum absolute atomic E-state index is 6.48. The zero-order chi connectivity index (χ0) is 14.2. The Kier molecular flexibility index (Phi) is 2.97. The summed E-state index contributed by atoms with van der Waals surface area (Å²) in [4.78, 5) is 4.36. The summed E-state index contributed by atoms with van der Waals surface area (Å²) in [6.45, 7) is 0. The number of hydrogen-bond acceptors (Lipinski definition) is 2. The van der Waals surface area contributed by atoms with E-state index in [9.17, 15) is 0 Å². The fourth-order valence-corrected chi connectivity index (χ4v) is 3.27. The molecule has 0 fully saturated rings. The van der Waals surface area contributed by atoms with Crippen molar-refractivity contribution in [3.05, 3.63) is 77.0 Å². The second-order valence-electron chi connectivity index (χ2n) is 5.81. The number of fused-ring (bicyclic) bond motifs is 2. The van der Waals surface area contributed by atoms with Gasteiger partial charge in [0.2, 0.25) is 0 Å². The molecule has 104 valence electrons. The van der Waals surface area contributed by atoms with E-state index in [4.69, 9.17) is 5.73 Å². The van der Waals surface area contributed by atoms with Gasteiger partial charge in [0.15, 0.2) is 0 Å². The molecular weight excluding hydrogens is 256 g/mol. The topological polar surface area (TPSA) is 38.9 Å². The molecule has 4 rings (SSSR count). The van der Waals surface area contributed by atoms with Crippen LogP contribution in [0.2, 0.25) is 0 Å². The Morgan fingerprint density at radius 2 is 1.71 bits per heavy atom. The smallest absolute Gasteiger partial charge is 0.0702 e. The van der Waals surface area contributed by atoms with Crippen molar-refractivity contribution in [3.8, 4) is 0 Å². The van der Waals surface area contributed by atoms with E-state index in [1.165, 1.54) is 36.0 Å². The minimum Gasteiger partial charge on any atom is -0.320 e. The van der Waals surface area contributed by atoms with Crippen LogP contribution in [0.3, 0.4) is 0 Å². The lowest BCUT2D eigenvalue weighted by Crippen LogP contribution is -2.12. The molecule has 0 amide bonds. The largest absolute Gasteiger partial charge is 0.320 e. The fourth-order valence-electron chi connectivity index (χ4n) is 3.27. The van der Waals surface area contributed by atoms with Gasteiger partial charge in [-0.15, -0.1) is 0 Å². The van der Waals surface area contributed by atoms with Gasteiger partial charge in [-0.25, -0.2) is 0 Å². The molecule has 0 radical (unpaired) electrons. The third kappa shape index (κ3) is 2.22. The second kappa shape index (κ2) is 4.97. The van der Waals surface area contributed by atoms with Crippen LogP contribution in [0.25, 0.3) is 10.9 Å². The number of rotatable bonds is 2. The van der Waals surface area contributed by atoms with Crippen LogP contribution in [0, 0.1) is 0 Å². The Labute approximate surface area is 124 Å². The highest BCUT2D eigenvalue weighted by Gasteiger charge is 2.15. The molecule has 1 heterocycles. The van der Waals surface area contributed by atoms with Gasteiger partial charge >= 0.3 is 0 Å². The Morgan fingerprint density at radius 1 is 0.905 bits per heavy atom. The van der Waals surface area contributed by atoms with Gasteiger partial charge in [-0.05, 0) is 59.7 Å². The van der Waals surface area contributed by atoms with Crippen molar-refractivity contribution in [1.82, 2.24) is 4.98 Å². The fraction of sp³-hybridized carbons (Fsp3) is 0.211. The highest BCUT2D eigenvalue weighted by molar-refractivity contribution is 5.79. The molecule has 0 saturated heterocycles. The normalized spacial score (nSPS) is 15.1. The minimum absolute atomic E-state index is 0.0690. The molecule has 0 aliphatic heterocycles. The molecule has 1 aliphatic rings. The van der Waals surface area contributed by atoms with Crippen LogP contribution in [0.5, 0.6) is 0 Å². The quantitative estimate of drug-likeness (QED) is 0.772. The number of aromatic nitrogens is 1. The molecule has 1 aromatic heterocycles. The first kappa shape index (κ1) is 12.5. The number of hydrogen-bond donors (Lipinski definition) is 1. The van der Waals surface area contributed by atoms with Crippen molar-refractivity contribution >= 4 is 10.9 Å². The van der Waals surface area contributed by atoms with Crippen molar-refractivity contribution in [2.45, 2.75) is 25.3 Å². The van der Waals surface area contributed by atoms with Crippen LogP contribution in [-0.2, 0) is 12.8 Å². The van der Waals surface area contributed by atoms with E-state index in [0.29, 0.717) is 0 Å². The lowest BCUT2D eigenvalue weighted by atomic mass is 9.95. The van der Waals surface area contributed by atoms with Gasteiger partial charge in [0.05, 0.1) is 11.6 Å². The molecule has 2 heteroatoms. The molecular formula is C19H18N2. The highest BCUT2D eigenvalue weighted by atomic mass is 14.7. The summed E-state index contributed by atoms with van der Waals surface area (Å²) in [7, 11) is 0. The summed E-state index contributed by atoms with van der Waals surface area (Å²) < 4.78 is 0. The number of aryl methyl sites for hydroxylation is 2. The Morgan fingerprint density at radius 3 is 2.67 bits per heavy atom. The van der Waals surface area contributed by atoms with Gasteiger partial charge in [0.1, 0.15) is 0 Å². The van der Waals surface area contributed by atoms with Gasteiger partial charge in [-0.3, -0.25) is 4.98 Å². The average Bonchev–Trinajstić information content (AvgIpc) is 3.01. The van der Waals surface area contributed by atoms with E-state index in [2.05, 4.69) is 47.4 Å². The third-order valence-electron chi connectivity index (χ3n) is 4.47.